The van der Waals surface area contributed by atoms with Crippen molar-refractivity contribution in [1.82, 2.24) is 9.97 Å². The molecule has 10 heteroatoms. The van der Waals surface area contributed by atoms with E-state index < -0.39 is 16.6 Å². The van der Waals surface area contributed by atoms with Crippen LogP contribution in [0.1, 0.15) is 20.8 Å². The topological polar surface area (TPSA) is 119 Å². The molecule has 0 aromatic carbocycles. The van der Waals surface area contributed by atoms with E-state index in [1.54, 1.807) is 26.8 Å². The maximum atomic E-state index is 11.7. The van der Waals surface area contributed by atoms with Gasteiger partial charge in [-0.25, -0.2) is 14.8 Å². The number of carbonyl (C=O) groups excluding carboxylic acids is 1. The standard InChI is InChI=1S/C15H16ClN5O4/c1-15(2,3)25-14(22)20-12-7-4-9(8-17-12)18-13-10(21(23)24)5-6-11(16)19-13/h4-8H,1-3H3,(H,18,19)(H,17,20,22). The molecule has 25 heavy (non-hydrogen) atoms. The smallest absolute Gasteiger partial charge is 0.413 e. The first-order valence-electron chi connectivity index (χ1n) is 7.18. The second-order valence-electron chi connectivity index (χ2n) is 5.94. The van der Waals surface area contributed by atoms with Crippen LogP contribution in [-0.4, -0.2) is 26.6 Å². The number of amides is 1. The number of halogens is 1. The molecule has 2 aromatic heterocycles. The zero-order valence-corrected chi connectivity index (χ0v) is 14.5. The summed E-state index contributed by atoms with van der Waals surface area (Å²) in [6.45, 7) is 5.24. The molecule has 0 unspecified atom stereocenters. The lowest BCUT2D eigenvalue weighted by Gasteiger charge is -2.19. The van der Waals surface area contributed by atoms with Gasteiger partial charge in [-0.05, 0) is 39.0 Å². The quantitative estimate of drug-likeness (QED) is 0.474. The van der Waals surface area contributed by atoms with Crippen LogP contribution in [0.5, 0.6) is 0 Å². The minimum absolute atomic E-state index is 0.00727. The summed E-state index contributed by atoms with van der Waals surface area (Å²) in [6, 6.07) is 5.68. The number of rotatable bonds is 4. The van der Waals surface area contributed by atoms with E-state index in [9.17, 15) is 14.9 Å². The fourth-order valence-corrected chi connectivity index (χ4v) is 1.90. The van der Waals surface area contributed by atoms with Gasteiger partial charge in [0, 0.05) is 6.07 Å². The molecule has 2 N–H and O–H groups in total. The number of aromatic nitrogens is 2. The normalized spacial score (nSPS) is 10.9. The van der Waals surface area contributed by atoms with Gasteiger partial charge in [0.15, 0.2) is 0 Å². The second-order valence-corrected chi connectivity index (χ2v) is 6.33. The van der Waals surface area contributed by atoms with Gasteiger partial charge >= 0.3 is 11.8 Å². The van der Waals surface area contributed by atoms with Crippen LogP contribution in [0.3, 0.4) is 0 Å². The highest BCUT2D eigenvalue weighted by molar-refractivity contribution is 6.29. The van der Waals surface area contributed by atoms with Gasteiger partial charge in [-0.15, -0.1) is 0 Å². The van der Waals surface area contributed by atoms with Crippen molar-refractivity contribution in [3.05, 3.63) is 45.7 Å². The molecule has 132 valence electrons. The fraction of sp³-hybridized carbons (Fsp3) is 0.267. The number of nitrogens with one attached hydrogen (secondary N) is 2. The molecule has 0 aliphatic carbocycles. The zero-order chi connectivity index (χ0) is 18.6. The molecule has 1 amide bonds. The van der Waals surface area contributed by atoms with E-state index in [1.165, 1.54) is 24.4 Å². The first kappa shape index (κ1) is 18.4. The predicted molar refractivity (Wildman–Crippen MR) is 93.3 cm³/mol. The molecular formula is C15H16ClN5O4. The second kappa shape index (κ2) is 7.31. The Kier molecular flexibility index (Phi) is 5.38. The van der Waals surface area contributed by atoms with Crippen molar-refractivity contribution < 1.29 is 14.5 Å². The van der Waals surface area contributed by atoms with Crippen molar-refractivity contribution in [1.29, 1.82) is 0 Å². The fourth-order valence-electron chi connectivity index (χ4n) is 1.75. The van der Waals surface area contributed by atoms with Gasteiger partial charge in [-0.2, -0.15) is 0 Å². The lowest BCUT2D eigenvalue weighted by atomic mass is 10.2. The third kappa shape index (κ3) is 5.57. The van der Waals surface area contributed by atoms with Crippen LogP contribution in [0.4, 0.5) is 27.8 Å². The Hall–Kier alpha value is -2.94. The number of anilines is 3. The molecular weight excluding hydrogens is 350 g/mol. The Bertz CT molecular complexity index is 789. The van der Waals surface area contributed by atoms with Gasteiger partial charge in [0.25, 0.3) is 0 Å². The highest BCUT2D eigenvalue weighted by atomic mass is 35.5. The minimum Gasteiger partial charge on any atom is -0.444 e. The van der Waals surface area contributed by atoms with Crippen molar-refractivity contribution in [2.45, 2.75) is 26.4 Å². The number of hydrogen-bond donors (Lipinski definition) is 2. The Morgan fingerprint density at radius 2 is 2.00 bits per heavy atom. The van der Waals surface area contributed by atoms with Gasteiger partial charge < -0.3 is 10.1 Å². The summed E-state index contributed by atoms with van der Waals surface area (Å²) in [7, 11) is 0. The molecule has 2 rings (SSSR count). The summed E-state index contributed by atoms with van der Waals surface area (Å²) >= 11 is 5.77. The van der Waals surface area contributed by atoms with Crippen LogP contribution in [0.25, 0.3) is 0 Å². The number of hydrogen-bond acceptors (Lipinski definition) is 7. The molecule has 0 bridgehead atoms. The predicted octanol–water partition coefficient (Wildman–Crippen LogP) is 4.13. The Morgan fingerprint density at radius 1 is 1.28 bits per heavy atom. The van der Waals surface area contributed by atoms with Crippen molar-refractivity contribution in [3.63, 3.8) is 0 Å². The maximum Gasteiger partial charge on any atom is 0.413 e. The Balaban J connectivity index is 2.10. The number of nitro groups is 1. The van der Waals surface area contributed by atoms with Crippen molar-refractivity contribution >= 4 is 40.7 Å². The lowest BCUT2D eigenvalue weighted by Crippen LogP contribution is -2.27. The largest absolute Gasteiger partial charge is 0.444 e. The summed E-state index contributed by atoms with van der Waals surface area (Å²) in [4.78, 5) is 30.1. The van der Waals surface area contributed by atoms with E-state index >= 15 is 0 Å². The zero-order valence-electron chi connectivity index (χ0n) is 13.7. The summed E-state index contributed by atoms with van der Waals surface area (Å²) in [6.07, 6.45) is 0.756. The number of ether oxygens (including phenoxy) is 1. The molecule has 0 saturated heterocycles. The van der Waals surface area contributed by atoms with Crippen molar-refractivity contribution in [2.75, 3.05) is 10.6 Å². The van der Waals surface area contributed by atoms with Crippen LogP contribution >= 0.6 is 11.6 Å². The average molecular weight is 366 g/mol. The molecule has 2 aromatic rings. The Morgan fingerprint density at radius 3 is 2.56 bits per heavy atom. The van der Waals surface area contributed by atoms with Crippen molar-refractivity contribution in [3.8, 4) is 0 Å². The summed E-state index contributed by atoms with van der Waals surface area (Å²) in [5.41, 5.74) is -0.407. The third-order valence-corrected chi connectivity index (χ3v) is 2.90. The summed E-state index contributed by atoms with van der Waals surface area (Å²) < 4.78 is 5.12. The minimum atomic E-state index is -0.632. The monoisotopic (exact) mass is 365 g/mol. The lowest BCUT2D eigenvalue weighted by molar-refractivity contribution is -0.384. The van der Waals surface area contributed by atoms with Gasteiger partial charge in [0.2, 0.25) is 5.82 Å². The highest BCUT2D eigenvalue weighted by Gasteiger charge is 2.17. The highest BCUT2D eigenvalue weighted by Crippen LogP contribution is 2.27. The molecule has 0 aliphatic heterocycles. The molecule has 0 saturated carbocycles. The molecule has 0 fully saturated rings. The SMILES string of the molecule is CC(C)(C)OC(=O)Nc1ccc(Nc2nc(Cl)ccc2[N+](=O)[O-])cn1. The average Bonchev–Trinajstić information content (AvgIpc) is 2.47. The third-order valence-electron chi connectivity index (χ3n) is 2.69. The maximum absolute atomic E-state index is 11.7. The van der Waals surface area contributed by atoms with E-state index in [0.29, 0.717) is 5.69 Å². The Labute approximate surface area is 148 Å². The van der Waals surface area contributed by atoms with E-state index in [0.717, 1.165) is 0 Å². The molecule has 0 spiro atoms. The van der Waals surface area contributed by atoms with E-state index in [4.69, 9.17) is 16.3 Å². The molecule has 0 aliphatic rings. The summed E-state index contributed by atoms with van der Waals surface area (Å²) in [5.74, 6) is 0.264. The van der Waals surface area contributed by atoms with Crippen LogP contribution in [0, 0.1) is 10.1 Å². The van der Waals surface area contributed by atoms with Gasteiger partial charge in [0.1, 0.15) is 16.6 Å². The van der Waals surface area contributed by atoms with Gasteiger partial charge in [0.05, 0.1) is 16.8 Å². The van der Waals surface area contributed by atoms with E-state index in [2.05, 4.69) is 20.6 Å². The van der Waals surface area contributed by atoms with Crippen LogP contribution in [0.15, 0.2) is 30.5 Å². The van der Waals surface area contributed by atoms with E-state index in [1.807, 2.05) is 0 Å². The van der Waals surface area contributed by atoms with Crippen LogP contribution in [0.2, 0.25) is 5.15 Å². The van der Waals surface area contributed by atoms with Crippen molar-refractivity contribution in [2.24, 2.45) is 0 Å². The summed E-state index contributed by atoms with van der Waals surface area (Å²) in [5, 5.41) is 16.4. The first-order chi connectivity index (χ1) is 11.6. The molecule has 9 nitrogen and oxygen atoms in total. The number of carbonyl (C=O) groups is 1. The van der Waals surface area contributed by atoms with Crippen LogP contribution < -0.4 is 10.6 Å². The first-order valence-corrected chi connectivity index (χ1v) is 7.56. The number of nitrogens with zero attached hydrogens (tertiary/aromatic N) is 3. The molecule has 2 heterocycles. The number of pyridine rings is 2. The van der Waals surface area contributed by atoms with E-state index in [-0.39, 0.29) is 22.5 Å². The molecule has 0 radical (unpaired) electrons. The van der Waals surface area contributed by atoms with Crippen LogP contribution in [-0.2, 0) is 4.74 Å². The van der Waals surface area contributed by atoms with Gasteiger partial charge in [-0.3, -0.25) is 15.4 Å². The van der Waals surface area contributed by atoms with Gasteiger partial charge in [-0.1, -0.05) is 11.6 Å². The molecule has 0 atom stereocenters.